The van der Waals surface area contributed by atoms with Crippen molar-refractivity contribution in [3.63, 3.8) is 0 Å². The summed E-state index contributed by atoms with van der Waals surface area (Å²) in [6.45, 7) is 12.9. The highest BCUT2D eigenvalue weighted by Gasteiger charge is 2.62. The molecule has 10 nitrogen and oxygen atoms in total. The summed E-state index contributed by atoms with van der Waals surface area (Å²) in [6.07, 6.45) is 7.83. The predicted octanol–water partition coefficient (Wildman–Crippen LogP) is 4.91. The maximum absolute atomic E-state index is 14.1. The van der Waals surface area contributed by atoms with Gasteiger partial charge in [-0.05, 0) is 71.1 Å². The summed E-state index contributed by atoms with van der Waals surface area (Å²) in [7, 11) is -0.543. The Kier molecular flexibility index (Phi) is 10.4. The Morgan fingerprint density at radius 2 is 1.61 bits per heavy atom. The van der Waals surface area contributed by atoms with Gasteiger partial charge in [0.25, 0.3) is 5.91 Å². The average molecular weight is 668 g/mol. The van der Waals surface area contributed by atoms with Gasteiger partial charge in [-0.2, -0.15) is 0 Å². The quantitative estimate of drug-likeness (QED) is 0.221. The first-order valence-corrected chi connectivity index (χ1v) is 17.8. The molecule has 3 amide bonds. The number of carbonyl (C=O) groups is 3. The number of nitrogens with one attached hydrogen (secondary N) is 3. The third kappa shape index (κ3) is 7.83. The lowest BCUT2D eigenvalue weighted by atomic mass is 9.47. The summed E-state index contributed by atoms with van der Waals surface area (Å²) < 4.78 is 13.1. The van der Waals surface area contributed by atoms with Crippen molar-refractivity contribution in [2.75, 3.05) is 0 Å². The standard InChI is InChI=1S/C38H50BN5O5/c1-22(2)15-29(36(46)44-33(16-23(3)4)39-48-32-20-27-19-28(34(32)49-39)38(27,5)6)42-35(45)30(43-37(47)31-21-40-13-14-41-31)18-24-11-12-25-9-7-8-10-26(25)17-24/h7-14,17,21-23,27-30,32-34H,15-16,18-20H2,1-6H3,(H,42,45)(H,43,47)(H,44,46)/t27-,28+,29+,30+,32-,33-,34+/m1/s1. The van der Waals surface area contributed by atoms with E-state index >= 15 is 0 Å². The van der Waals surface area contributed by atoms with Crippen molar-refractivity contribution in [1.29, 1.82) is 0 Å². The highest BCUT2D eigenvalue weighted by molar-refractivity contribution is 6.47. The molecule has 0 unspecified atom stereocenters. The van der Waals surface area contributed by atoms with Gasteiger partial charge in [0.05, 0.1) is 24.3 Å². The van der Waals surface area contributed by atoms with E-state index in [0.29, 0.717) is 24.7 Å². The Labute approximate surface area is 290 Å². The Hall–Kier alpha value is -3.83. The molecular weight excluding hydrogens is 617 g/mol. The van der Waals surface area contributed by atoms with E-state index in [1.807, 2.05) is 56.3 Å². The van der Waals surface area contributed by atoms with E-state index in [-0.39, 0.29) is 53.4 Å². The number of carbonyl (C=O) groups excluding carboxylic acids is 3. The topological polar surface area (TPSA) is 132 Å². The fraction of sp³-hybridized carbons (Fsp3) is 0.553. The zero-order valence-electron chi connectivity index (χ0n) is 29.5. The molecule has 2 aromatic carbocycles. The van der Waals surface area contributed by atoms with Gasteiger partial charge in [0.15, 0.2) is 0 Å². The van der Waals surface area contributed by atoms with Gasteiger partial charge >= 0.3 is 7.12 Å². The molecule has 1 aromatic heterocycles. The Balaban J connectivity index is 1.19. The fourth-order valence-electron chi connectivity index (χ4n) is 8.02. The minimum Gasteiger partial charge on any atom is -0.404 e. The first-order chi connectivity index (χ1) is 23.4. The van der Waals surface area contributed by atoms with Crippen LogP contribution in [0.4, 0.5) is 0 Å². The Morgan fingerprint density at radius 1 is 0.878 bits per heavy atom. The highest BCUT2D eigenvalue weighted by Crippen LogP contribution is 2.61. The van der Waals surface area contributed by atoms with E-state index in [1.165, 1.54) is 25.0 Å². The van der Waals surface area contributed by atoms with Crippen molar-refractivity contribution in [1.82, 2.24) is 25.9 Å². The van der Waals surface area contributed by atoms with Crippen molar-refractivity contribution in [2.24, 2.45) is 29.1 Å². The second kappa shape index (κ2) is 14.6. The Morgan fingerprint density at radius 3 is 2.31 bits per heavy atom. The molecule has 3 N–H and O–H groups in total. The van der Waals surface area contributed by atoms with Crippen LogP contribution < -0.4 is 16.0 Å². The van der Waals surface area contributed by atoms with Gasteiger partial charge in [0.2, 0.25) is 11.8 Å². The van der Waals surface area contributed by atoms with Crippen LogP contribution in [0.15, 0.2) is 61.1 Å². The molecular formula is C38H50BN5O5. The number of nitrogens with zero attached hydrogens (tertiary/aromatic N) is 2. The van der Waals surface area contributed by atoms with Crippen molar-refractivity contribution in [3.8, 4) is 0 Å². The van der Waals surface area contributed by atoms with E-state index in [9.17, 15) is 14.4 Å². The molecule has 11 heteroatoms. The molecule has 49 heavy (non-hydrogen) atoms. The first-order valence-electron chi connectivity index (χ1n) is 17.8. The summed E-state index contributed by atoms with van der Waals surface area (Å²) in [5.74, 6) is -0.126. The molecule has 1 aliphatic heterocycles. The third-order valence-electron chi connectivity index (χ3n) is 10.8. The van der Waals surface area contributed by atoms with Gasteiger partial charge in [-0.15, -0.1) is 0 Å². The predicted molar refractivity (Wildman–Crippen MR) is 189 cm³/mol. The van der Waals surface area contributed by atoms with E-state index in [1.54, 1.807) is 0 Å². The van der Waals surface area contributed by atoms with E-state index in [4.69, 9.17) is 9.31 Å². The molecule has 7 rings (SSSR count). The molecule has 4 aliphatic rings. The molecule has 3 aromatic rings. The molecule has 3 saturated carbocycles. The molecule has 4 fully saturated rings. The summed E-state index contributed by atoms with van der Waals surface area (Å²) >= 11 is 0. The van der Waals surface area contributed by atoms with Crippen LogP contribution in [-0.4, -0.2) is 65.0 Å². The maximum atomic E-state index is 14.1. The van der Waals surface area contributed by atoms with E-state index in [0.717, 1.165) is 22.8 Å². The van der Waals surface area contributed by atoms with Crippen LogP contribution in [0.25, 0.3) is 10.8 Å². The smallest absolute Gasteiger partial charge is 0.404 e. The molecule has 1 saturated heterocycles. The fourth-order valence-corrected chi connectivity index (χ4v) is 8.02. The average Bonchev–Trinajstić information content (AvgIpc) is 3.52. The SMILES string of the molecule is CC(C)C[C@H](NC(=O)[C@H](Cc1ccc2ccccc2c1)NC(=O)c1cnccn1)C(=O)N[C@H](CC(C)C)B1O[C@@H]2[C@@H](C[C@H]3C[C@@H]2C3(C)C)O1. The number of amides is 3. The summed E-state index contributed by atoms with van der Waals surface area (Å²) in [5.41, 5.74) is 1.22. The van der Waals surface area contributed by atoms with Crippen LogP contribution in [0.3, 0.4) is 0 Å². The lowest BCUT2D eigenvalue weighted by molar-refractivity contribution is -0.150. The third-order valence-corrected chi connectivity index (χ3v) is 10.8. The van der Waals surface area contributed by atoms with E-state index < -0.39 is 31.0 Å². The largest absolute Gasteiger partial charge is 0.481 e. The van der Waals surface area contributed by atoms with Crippen LogP contribution in [0.2, 0.25) is 0 Å². The second-order valence-electron chi connectivity index (χ2n) is 15.7. The lowest BCUT2D eigenvalue weighted by Crippen LogP contribution is -2.59. The molecule has 0 spiro atoms. The Bertz CT molecular complexity index is 1650. The zero-order valence-corrected chi connectivity index (χ0v) is 29.5. The van der Waals surface area contributed by atoms with E-state index in [2.05, 4.69) is 53.6 Å². The van der Waals surface area contributed by atoms with Crippen molar-refractivity contribution < 1.29 is 23.7 Å². The monoisotopic (exact) mass is 667 g/mol. The van der Waals surface area contributed by atoms with Crippen LogP contribution in [0, 0.1) is 29.1 Å². The van der Waals surface area contributed by atoms with Gasteiger partial charge in [0, 0.05) is 18.8 Å². The van der Waals surface area contributed by atoms with Crippen LogP contribution in [0.1, 0.15) is 83.3 Å². The number of fused-ring (bicyclic) bond motifs is 1. The van der Waals surface area contributed by atoms with Crippen molar-refractivity contribution in [2.45, 2.75) is 104 Å². The number of aromatic nitrogens is 2. The summed E-state index contributed by atoms with van der Waals surface area (Å²) in [5, 5.41) is 11.2. The normalized spacial score (nSPS) is 24.1. The molecule has 260 valence electrons. The molecule has 3 aliphatic carbocycles. The van der Waals surface area contributed by atoms with Gasteiger partial charge in [0.1, 0.15) is 17.8 Å². The first kappa shape index (κ1) is 35.0. The number of hydrogen-bond acceptors (Lipinski definition) is 7. The molecule has 2 bridgehead atoms. The summed E-state index contributed by atoms with van der Waals surface area (Å²) in [4.78, 5) is 49.5. The number of hydrogen-bond donors (Lipinski definition) is 3. The molecule has 0 radical (unpaired) electrons. The van der Waals surface area contributed by atoms with Gasteiger partial charge in [-0.25, -0.2) is 4.98 Å². The van der Waals surface area contributed by atoms with Crippen LogP contribution in [-0.2, 0) is 25.3 Å². The van der Waals surface area contributed by atoms with Crippen LogP contribution in [0.5, 0.6) is 0 Å². The number of rotatable bonds is 13. The molecule has 7 atom stereocenters. The minimum atomic E-state index is -0.968. The minimum absolute atomic E-state index is 0.0384. The van der Waals surface area contributed by atoms with Crippen molar-refractivity contribution in [3.05, 3.63) is 72.3 Å². The second-order valence-corrected chi connectivity index (χ2v) is 15.7. The number of benzene rings is 2. The van der Waals surface area contributed by atoms with Gasteiger partial charge in [-0.1, -0.05) is 84.0 Å². The van der Waals surface area contributed by atoms with Crippen LogP contribution >= 0.6 is 0 Å². The van der Waals surface area contributed by atoms with Crippen molar-refractivity contribution >= 4 is 35.6 Å². The highest BCUT2D eigenvalue weighted by atomic mass is 16.7. The maximum Gasteiger partial charge on any atom is 0.481 e. The zero-order chi connectivity index (χ0) is 34.9. The lowest BCUT2D eigenvalue weighted by Gasteiger charge is -2.60. The van der Waals surface area contributed by atoms with Gasteiger partial charge < -0.3 is 25.3 Å². The summed E-state index contributed by atoms with van der Waals surface area (Å²) in [6, 6.07) is 12.2. The molecule has 2 heterocycles. The van der Waals surface area contributed by atoms with Gasteiger partial charge in [-0.3, -0.25) is 19.4 Å².